The van der Waals surface area contributed by atoms with Crippen molar-refractivity contribution in [3.63, 3.8) is 0 Å². The molecule has 1 aliphatic carbocycles. The van der Waals surface area contributed by atoms with E-state index < -0.39 is 0 Å². The number of aromatic nitrogens is 2. The van der Waals surface area contributed by atoms with E-state index in [4.69, 9.17) is 11.6 Å². The highest BCUT2D eigenvalue weighted by Gasteiger charge is 2.36. The first-order chi connectivity index (χ1) is 16.3. The van der Waals surface area contributed by atoms with Gasteiger partial charge in [-0.3, -0.25) is 24.1 Å². The minimum atomic E-state index is -0.299. The standard InChI is InChI=1S/C24H26ClN5O4/c1-15-2-5-17(12-19(15)25)30-23(16-3-4-16)18(13-26-30)24(34)28-10-8-27(9-11-28)22(33)14-29-20(31)6-7-21(29)32/h2,5,12-13,16H,3-4,6-11,14H2,1H3. The summed E-state index contributed by atoms with van der Waals surface area (Å²) in [5.41, 5.74) is 3.31. The highest BCUT2D eigenvalue weighted by molar-refractivity contribution is 6.31. The number of halogens is 1. The van der Waals surface area contributed by atoms with Crippen LogP contribution in [0.15, 0.2) is 24.4 Å². The number of piperazine rings is 1. The number of likely N-dealkylation sites (tertiary alicyclic amines) is 1. The molecule has 0 bridgehead atoms. The maximum atomic E-state index is 13.4. The summed E-state index contributed by atoms with van der Waals surface area (Å²) in [5.74, 6) is -0.667. The van der Waals surface area contributed by atoms with E-state index in [1.54, 1.807) is 16.0 Å². The van der Waals surface area contributed by atoms with Gasteiger partial charge in [-0.25, -0.2) is 4.68 Å². The first-order valence-corrected chi connectivity index (χ1v) is 12.0. The molecule has 5 rings (SSSR count). The summed E-state index contributed by atoms with van der Waals surface area (Å²) in [5, 5.41) is 5.18. The van der Waals surface area contributed by atoms with Crippen molar-refractivity contribution in [2.24, 2.45) is 0 Å². The van der Waals surface area contributed by atoms with Crippen LogP contribution in [0.25, 0.3) is 5.69 Å². The normalized spacial score (nSPS) is 18.7. The molecule has 2 aromatic rings. The number of carbonyl (C=O) groups is 4. The Labute approximate surface area is 202 Å². The third kappa shape index (κ3) is 4.20. The molecule has 3 fully saturated rings. The van der Waals surface area contributed by atoms with Gasteiger partial charge in [0.25, 0.3) is 5.91 Å². The third-order valence-corrected chi connectivity index (χ3v) is 7.18. The second kappa shape index (κ2) is 8.87. The fourth-order valence-electron chi connectivity index (χ4n) is 4.56. The smallest absolute Gasteiger partial charge is 0.257 e. The minimum absolute atomic E-state index is 0.0941. The van der Waals surface area contributed by atoms with Crippen LogP contribution in [0.4, 0.5) is 0 Å². The molecule has 2 saturated heterocycles. The van der Waals surface area contributed by atoms with E-state index in [9.17, 15) is 19.2 Å². The molecule has 1 saturated carbocycles. The number of amides is 4. The lowest BCUT2D eigenvalue weighted by molar-refractivity contribution is -0.146. The maximum absolute atomic E-state index is 13.4. The van der Waals surface area contributed by atoms with Gasteiger partial charge in [-0.05, 0) is 37.5 Å². The number of imide groups is 1. The minimum Gasteiger partial charge on any atom is -0.338 e. The van der Waals surface area contributed by atoms with E-state index in [1.807, 2.05) is 29.8 Å². The second-order valence-electron chi connectivity index (χ2n) is 9.11. The van der Waals surface area contributed by atoms with Gasteiger partial charge in [-0.2, -0.15) is 5.10 Å². The van der Waals surface area contributed by atoms with Crippen LogP contribution in [0, 0.1) is 6.92 Å². The molecule has 178 valence electrons. The van der Waals surface area contributed by atoms with Crippen molar-refractivity contribution >= 4 is 35.2 Å². The first kappa shape index (κ1) is 22.6. The second-order valence-corrected chi connectivity index (χ2v) is 9.52. The number of nitrogens with zero attached hydrogens (tertiary/aromatic N) is 5. The van der Waals surface area contributed by atoms with Gasteiger partial charge in [0.1, 0.15) is 6.54 Å². The molecule has 0 unspecified atom stereocenters. The molecule has 0 N–H and O–H groups in total. The summed E-state index contributed by atoms with van der Waals surface area (Å²) in [6, 6.07) is 5.76. The van der Waals surface area contributed by atoms with Crippen molar-refractivity contribution in [2.75, 3.05) is 32.7 Å². The van der Waals surface area contributed by atoms with Gasteiger partial charge in [-0.15, -0.1) is 0 Å². The van der Waals surface area contributed by atoms with Crippen LogP contribution in [-0.2, 0) is 14.4 Å². The van der Waals surface area contributed by atoms with E-state index >= 15 is 0 Å². The van der Waals surface area contributed by atoms with Gasteiger partial charge in [0.15, 0.2) is 0 Å². The molecule has 0 spiro atoms. The van der Waals surface area contributed by atoms with E-state index in [-0.39, 0.29) is 43.0 Å². The van der Waals surface area contributed by atoms with Gasteiger partial charge < -0.3 is 9.80 Å². The molecule has 4 amide bonds. The molecule has 9 nitrogen and oxygen atoms in total. The van der Waals surface area contributed by atoms with Crippen LogP contribution in [0.1, 0.15) is 53.2 Å². The number of hydrogen-bond acceptors (Lipinski definition) is 5. The van der Waals surface area contributed by atoms with Crippen LogP contribution >= 0.6 is 11.6 Å². The number of hydrogen-bond donors (Lipinski definition) is 0. The zero-order valence-electron chi connectivity index (χ0n) is 19.0. The van der Waals surface area contributed by atoms with Gasteiger partial charge >= 0.3 is 0 Å². The zero-order valence-corrected chi connectivity index (χ0v) is 19.8. The number of benzene rings is 1. The van der Waals surface area contributed by atoms with Crippen molar-refractivity contribution in [1.29, 1.82) is 0 Å². The molecule has 10 heteroatoms. The van der Waals surface area contributed by atoms with Crippen LogP contribution in [0.5, 0.6) is 0 Å². The largest absolute Gasteiger partial charge is 0.338 e. The van der Waals surface area contributed by atoms with Crippen LogP contribution in [0.3, 0.4) is 0 Å². The Morgan fingerprint density at radius 1 is 1.03 bits per heavy atom. The van der Waals surface area contributed by atoms with Gasteiger partial charge in [0.2, 0.25) is 17.7 Å². The molecule has 3 heterocycles. The maximum Gasteiger partial charge on any atom is 0.257 e. The first-order valence-electron chi connectivity index (χ1n) is 11.6. The summed E-state index contributed by atoms with van der Waals surface area (Å²) in [4.78, 5) is 54.0. The molecule has 1 aromatic carbocycles. The summed E-state index contributed by atoms with van der Waals surface area (Å²) >= 11 is 6.32. The molecule has 1 aromatic heterocycles. The van der Waals surface area contributed by atoms with E-state index in [0.29, 0.717) is 42.7 Å². The predicted molar refractivity (Wildman–Crippen MR) is 124 cm³/mol. The van der Waals surface area contributed by atoms with E-state index in [0.717, 1.165) is 34.7 Å². The lowest BCUT2D eigenvalue weighted by atomic mass is 10.1. The summed E-state index contributed by atoms with van der Waals surface area (Å²) in [7, 11) is 0. The summed E-state index contributed by atoms with van der Waals surface area (Å²) in [6.07, 6.45) is 4.00. The van der Waals surface area contributed by atoms with Crippen LogP contribution in [-0.4, -0.2) is 80.8 Å². The van der Waals surface area contributed by atoms with Crippen molar-refractivity contribution in [2.45, 2.75) is 38.5 Å². The molecule has 0 atom stereocenters. The number of aryl methyl sites for hydroxylation is 1. The Morgan fingerprint density at radius 3 is 2.29 bits per heavy atom. The average Bonchev–Trinajstić information content (AvgIpc) is 3.51. The Balaban J connectivity index is 1.27. The fraction of sp³-hybridized carbons (Fsp3) is 0.458. The Bertz CT molecular complexity index is 1160. The van der Waals surface area contributed by atoms with Gasteiger partial charge in [0, 0.05) is 50.0 Å². The van der Waals surface area contributed by atoms with Gasteiger partial charge in [-0.1, -0.05) is 17.7 Å². The topological polar surface area (TPSA) is 95.8 Å². The Kier molecular flexibility index (Phi) is 5.89. The zero-order chi connectivity index (χ0) is 24.0. The summed E-state index contributed by atoms with van der Waals surface area (Å²) in [6.45, 7) is 3.22. The highest BCUT2D eigenvalue weighted by Crippen LogP contribution is 2.43. The Hall–Kier alpha value is -3.20. The molecule has 34 heavy (non-hydrogen) atoms. The highest BCUT2D eigenvalue weighted by atomic mass is 35.5. The van der Waals surface area contributed by atoms with Gasteiger partial charge in [0.05, 0.1) is 23.1 Å². The monoisotopic (exact) mass is 483 g/mol. The number of rotatable bonds is 5. The fourth-order valence-corrected chi connectivity index (χ4v) is 4.73. The van der Waals surface area contributed by atoms with Crippen LogP contribution in [0.2, 0.25) is 5.02 Å². The van der Waals surface area contributed by atoms with E-state index in [2.05, 4.69) is 5.10 Å². The van der Waals surface area contributed by atoms with Crippen molar-refractivity contribution in [3.8, 4) is 5.69 Å². The third-order valence-electron chi connectivity index (χ3n) is 6.77. The molecule has 3 aliphatic rings. The Morgan fingerprint density at radius 2 is 1.68 bits per heavy atom. The SMILES string of the molecule is Cc1ccc(-n2ncc(C(=O)N3CCN(C(=O)CN4C(=O)CCC4=O)CC3)c2C2CC2)cc1Cl. The molecular weight excluding hydrogens is 458 g/mol. The molecule has 0 radical (unpaired) electrons. The molecule has 2 aliphatic heterocycles. The average molecular weight is 484 g/mol. The van der Waals surface area contributed by atoms with Crippen molar-refractivity contribution in [3.05, 3.63) is 46.2 Å². The lowest BCUT2D eigenvalue weighted by Crippen LogP contribution is -2.53. The number of carbonyl (C=O) groups excluding carboxylic acids is 4. The van der Waals surface area contributed by atoms with E-state index in [1.165, 1.54) is 0 Å². The van der Waals surface area contributed by atoms with Crippen molar-refractivity contribution < 1.29 is 19.2 Å². The quantitative estimate of drug-likeness (QED) is 0.607. The van der Waals surface area contributed by atoms with Crippen LogP contribution < -0.4 is 0 Å². The lowest BCUT2D eigenvalue weighted by Gasteiger charge is -2.35. The van der Waals surface area contributed by atoms with Crippen molar-refractivity contribution in [1.82, 2.24) is 24.5 Å². The molecular formula is C24H26ClN5O4. The predicted octanol–water partition coefficient (Wildman–Crippen LogP) is 2.14. The summed E-state index contributed by atoms with van der Waals surface area (Å²) < 4.78 is 1.82.